The number of nitrogens with one attached hydrogen (secondary N) is 3. The van der Waals surface area contributed by atoms with E-state index < -0.39 is 0 Å². The first-order chi connectivity index (χ1) is 10.4. The van der Waals surface area contributed by atoms with E-state index in [9.17, 15) is 14.4 Å². The molecule has 0 aliphatic carbocycles. The molecule has 3 N–H and O–H groups in total. The quantitative estimate of drug-likeness (QED) is 0.428. The van der Waals surface area contributed by atoms with Gasteiger partial charge in [0.05, 0.1) is 12.6 Å². The van der Waals surface area contributed by atoms with Crippen LogP contribution in [-0.4, -0.2) is 57.1 Å². The van der Waals surface area contributed by atoms with Gasteiger partial charge >= 0.3 is 0 Å². The highest BCUT2D eigenvalue weighted by Gasteiger charge is 2.17. The summed E-state index contributed by atoms with van der Waals surface area (Å²) in [7, 11) is 3.68. The lowest BCUT2D eigenvalue weighted by Crippen LogP contribution is -2.40. The standard InChI is InChI=1S/C16H31N3O3/c1-12(20)14(7-9-17-3)5-6-15(22)11-19-16(13(2)21)8-10-18-4/h14,16-19H,5-11H2,1-4H3/t14-,16+/m1/s1. The van der Waals surface area contributed by atoms with Crippen molar-refractivity contribution in [1.82, 2.24) is 16.0 Å². The summed E-state index contributed by atoms with van der Waals surface area (Å²) in [6, 6.07) is -0.288. The molecule has 6 heteroatoms. The Morgan fingerprint density at radius 1 is 0.864 bits per heavy atom. The lowest BCUT2D eigenvalue weighted by atomic mass is 9.94. The van der Waals surface area contributed by atoms with Gasteiger partial charge in [-0.2, -0.15) is 0 Å². The van der Waals surface area contributed by atoms with E-state index in [1.807, 2.05) is 14.1 Å². The van der Waals surface area contributed by atoms with Crippen LogP contribution < -0.4 is 16.0 Å². The highest BCUT2D eigenvalue weighted by atomic mass is 16.1. The van der Waals surface area contributed by atoms with Crippen LogP contribution in [0.15, 0.2) is 0 Å². The smallest absolute Gasteiger partial charge is 0.146 e. The molecule has 0 amide bonds. The molecule has 0 aromatic carbocycles. The Morgan fingerprint density at radius 2 is 1.45 bits per heavy atom. The molecule has 0 aromatic rings. The van der Waals surface area contributed by atoms with Crippen LogP contribution in [0, 0.1) is 5.92 Å². The molecule has 128 valence electrons. The van der Waals surface area contributed by atoms with Gasteiger partial charge in [-0.05, 0) is 60.3 Å². The molecule has 0 aromatic heterocycles. The number of rotatable bonds is 14. The Bertz CT molecular complexity index is 327. The molecular weight excluding hydrogens is 282 g/mol. The minimum atomic E-state index is -0.288. The average molecular weight is 313 g/mol. The minimum Gasteiger partial charge on any atom is -0.320 e. The maximum absolute atomic E-state index is 11.9. The number of hydrogen-bond acceptors (Lipinski definition) is 6. The maximum atomic E-state index is 11.9. The Labute approximate surface area is 133 Å². The minimum absolute atomic E-state index is 0.0404. The fourth-order valence-corrected chi connectivity index (χ4v) is 2.27. The molecule has 0 fully saturated rings. The highest BCUT2D eigenvalue weighted by Crippen LogP contribution is 2.12. The topological polar surface area (TPSA) is 87.3 Å². The van der Waals surface area contributed by atoms with Crippen molar-refractivity contribution in [2.45, 2.75) is 45.6 Å². The molecule has 0 bridgehead atoms. The molecular formula is C16H31N3O3. The van der Waals surface area contributed by atoms with Crippen LogP contribution in [0.5, 0.6) is 0 Å². The van der Waals surface area contributed by atoms with Crippen LogP contribution in [0.25, 0.3) is 0 Å². The van der Waals surface area contributed by atoms with Crippen molar-refractivity contribution in [3.05, 3.63) is 0 Å². The van der Waals surface area contributed by atoms with Gasteiger partial charge in [0.2, 0.25) is 0 Å². The molecule has 0 aliphatic heterocycles. The molecule has 22 heavy (non-hydrogen) atoms. The van der Waals surface area contributed by atoms with E-state index in [1.165, 1.54) is 6.92 Å². The van der Waals surface area contributed by atoms with E-state index in [0.717, 1.165) is 19.5 Å². The second kappa shape index (κ2) is 12.4. The van der Waals surface area contributed by atoms with Crippen LogP contribution in [0.4, 0.5) is 0 Å². The number of carbonyl (C=O) groups excluding carboxylic acids is 3. The van der Waals surface area contributed by atoms with Crippen molar-refractivity contribution in [2.75, 3.05) is 33.7 Å². The monoisotopic (exact) mass is 313 g/mol. The zero-order valence-electron chi connectivity index (χ0n) is 14.3. The third kappa shape index (κ3) is 9.76. The van der Waals surface area contributed by atoms with E-state index in [4.69, 9.17) is 0 Å². The lowest BCUT2D eigenvalue weighted by Gasteiger charge is -2.16. The van der Waals surface area contributed by atoms with E-state index in [2.05, 4.69) is 16.0 Å². The van der Waals surface area contributed by atoms with Gasteiger partial charge in [-0.1, -0.05) is 0 Å². The van der Waals surface area contributed by atoms with Crippen molar-refractivity contribution in [2.24, 2.45) is 5.92 Å². The van der Waals surface area contributed by atoms with E-state index >= 15 is 0 Å². The van der Waals surface area contributed by atoms with Crippen molar-refractivity contribution < 1.29 is 14.4 Å². The predicted octanol–water partition coefficient (Wildman–Crippen LogP) is 0.307. The number of Topliss-reactive ketones (excluding diaryl/α,β-unsaturated/α-hetero) is 3. The predicted molar refractivity (Wildman–Crippen MR) is 88.0 cm³/mol. The molecule has 0 saturated heterocycles. The fourth-order valence-electron chi connectivity index (χ4n) is 2.27. The first-order valence-corrected chi connectivity index (χ1v) is 7.97. The molecule has 0 spiro atoms. The van der Waals surface area contributed by atoms with E-state index in [0.29, 0.717) is 19.3 Å². The van der Waals surface area contributed by atoms with Gasteiger partial charge in [-0.15, -0.1) is 0 Å². The normalized spacial score (nSPS) is 13.6. The molecule has 6 nitrogen and oxygen atoms in total. The van der Waals surface area contributed by atoms with Gasteiger partial charge in [0.15, 0.2) is 0 Å². The summed E-state index contributed by atoms with van der Waals surface area (Å²) in [6.07, 6.45) is 2.37. The molecule has 0 rings (SSSR count). The van der Waals surface area contributed by atoms with Crippen molar-refractivity contribution in [1.29, 1.82) is 0 Å². The molecule has 2 atom stereocenters. The number of hydrogen-bond donors (Lipinski definition) is 3. The molecule has 0 unspecified atom stereocenters. The largest absolute Gasteiger partial charge is 0.320 e. The molecule has 0 aliphatic rings. The van der Waals surface area contributed by atoms with Gasteiger partial charge in [0.25, 0.3) is 0 Å². The van der Waals surface area contributed by atoms with Crippen molar-refractivity contribution in [3.8, 4) is 0 Å². The lowest BCUT2D eigenvalue weighted by molar-refractivity contribution is -0.122. The zero-order valence-corrected chi connectivity index (χ0v) is 14.3. The molecule has 0 saturated carbocycles. The molecule has 0 heterocycles. The zero-order chi connectivity index (χ0) is 17.0. The third-order valence-corrected chi connectivity index (χ3v) is 3.81. The van der Waals surface area contributed by atoms with Crippen molar-refractivity contribution >= 4 is 17.3 Å². The van der Waals surface area contributed by atoms with E-state index in [-0.39, 0.29) is 35.9 Å². The van der Waals surface area contributed by atoms with Crippen LogP contribution in [0.3, 0.4) is 0 Å². The van der Waals surface area contributed by atoms with Gasteiger partial charge in [0, 0.05) is 12.3 Å². The van der Waals surface area contributed by atoms with Crippen LogP contribution in [0.2, 0.25) is 0 Å². The highest BCUT2D eigenvalue weighted by molar-refractivity contribution is 5.85. The third-order valence-electron chi connectivity index (χ3n) is 3.81. The summed E-state index contributed by atoms with van der Waals surface area (Å²) in [5.74, 6) is 0.154. The summed E-state index contributed by atoms with van der Waals surface area (Å²) in [4.78, 5) is 34.9. The average Bonchev–Trinajstić information content (AvgIpc) is 2.46. The van der Waals surface area contributed by atoms with Gasteiger partial charge in [0.1, 0.15) is 17.3 Å². The fraction of sp³-hybridized carbons (Fsp3) is 0.812. The first-order valence-electron chi connectivity index (χ1n) is 7.97. The van der Waals surface area contributed by atoms with Crippen LogP contribution in [-0.2, 0) is 14.4 Å². The second-order valence-corrected chi connectivity index (χ2v) is 5.71. The number of ketones is 3. The maximum Gasteiger partial charge on any atom is 0.146 e. The first kappa shape index (κ1) is 20.9. The van der Waals surface area contributed by atoms with Gasteiger partial charge in [-0.25, -0.2) is 0 Å². The molecule has 0 radical (unpaired) electrons. The van der Waals surface area contributed by atoms with Gasteiger partial charge < -0.3 is 16.0 Å². The summed E-state index contributed by atoms with van der Waals surface area (Å²) >= 11 is 0. The second-order valence-electron chi connectivity index (χ2n) is 5.71. The Balaban J connectivity index is 4.14. The Kier molecular flexibility index (Phi) is 11.8. The Hall–Kier alpha value is -1.11. The van der Waals surface area contributed by atoms with Gasteiger partial charge in [-0.3, -0.25) is 14.4 Å². The number of carbonyl (C=O) groups is 3. The SMILES string of the molecule is CNCC[C@@H](CCC(=O)CN[C@@H](CCNC)C(C)=O)C(C)=O. The summed E-state index contributed by atoms with van der Waals surface area (Å²) in [5.41, 5.74) is 0. The summed E-state index contributed by atoms with van der Waals surface area (Å²) in [5, 5.41) is 9.03. The Morgan fingerprint density at radius 3 is 1.95 bits per heavy atom. The van der Waals surface area contributed by atoms with Crippen molar-refractivity contribution in [3.63, 3.8) is 0 Å². The summed E-state index contributed by atoms with van der Waals surface area (Å²) < 4.78 is 0. The van der Waals surface area contributed by atoms with Crippen LogP contribution in [0.1, 0.15) is 39.5 Å². The van der Waals surface area contributed by atoms with E-state index in [1.54, 1.807) is 6.92 Å². The summed E-state index contributed by atoms with van der Waals surface area (Å²) in [6.45, 7) is 4.79. The van der Waals surface area contributed by atoms with Crippen LogP contribution >= 0.6 is 0 Å².